The minimum absolute atomic E-state index is 0.382. The normalized spacial score (nSPS) is 20.2. The molecule has 1 aliphatic rings. The molecule has 1 saturated heterocycles. The van der Waals surface area contributed by atoms with E-state index in [-0.39, 0.29) is 0 Å². The fraction of sp³-hybridized carbons (Fsp3) is 0.706. The van der Waals surface area contributed by atoms with Crippen molar-refractivity contribution in [2.75, 3.05) is 38.6 Å². The molecule has 21 heavy (non-hydrogen) atoms. The van der Waals surface area contributed by atoms with Gasteiger partial charge in [0, 0.05) is 25.2 Å². The average molecular weight is 290 g/mol. The lowest BCUT2D eigenvalue weighted by molar-refractivity contribution is 0.315. The second-order valence-electron chi connectivity index (χ2n) is 6.21. The lowest BCUT2D eigenvalue weighted by Crippen LogP contribution is -2.31. The molecule has 0 saturated carbocycles. The van der Waals surface area contributed by atoms with E-state index in [1.165, 1.54) is 12.1 Å². The Morgan fingerprint density at radius 1 is 1.38 bits per heavy atom. The summed E-state index contributed by atoms with van der Waals surface area (Å²) < 4.78 is 0. The number of nitrogens with one attached hydrogen (secondary N) is 1. The van der Waals surface area contributed by atoms with Gasteiger partial charge in [0.25, 0.3) is 0 Å². The Morgan fingerprint density at radius 3 is 2.71 bits per heavy atom. The molecule has 2 unspecified atom stereocenters. The molecule has 1 N–H and O–H groups in total. The third-order valence-electron chi connectivity index (χ3n) is 4.44. The molecule has 1 fully saturated rings. The molecule has 1 aromatic rings. The lowest BCUT2D eigenvalue weighted by atomic mass is 10.1. The highest BCUT2D eigenvalue weighted by Crippen LogP contribution is 2.23. The van der Waals surface area contributed by atoms with Crippen molar-refractivity contribution in [3.8, 4) is 0 Å². The lowest BCUT2D eigenvalue weighted by Gasteiger charge is -2.22. The van der Waals surface area contributed by atoms with Gasteiger partial charge < -0.3 is 15.1 Å². The first kappa shape index (κ1) is 16.2. The fourth-order valence-electron chi connectivity index (χ4n) is 2.97. The highest BCUT2D eigenvalue weighted by Gasteiger charge is 2.24. The predicted octanol–water partition coefficient (Wildman–Crippen LogP) is 2.67. The van der Waals surface area contributed by atoms with Crippen molar-refractivity contribution >= 4 is 5.69 Å². The van der Waals surface area contributed by atoms with Crippen molar-refractivity contribution in [2.24, 2.45) is 0 Å². The maximum Gasteiger partial charge on any atom is 0.0574 e. The van der Waals surface area contributed by atoms with Crippen LogP contribution in [0.4, 0.5) is 5.69 Å². The van der Waals surface area contributed by atoms with Gasteiger partial charge in [-0.15, -0.1) is 0 Å². The maximum atomic E-state index is 4.70. The zero-order chi connectivity index (χ0) is 15.2. The number of anilines is 1. The first-order chi connectivity index (χ1) is 10.2. The summed E-state index contributed by atoms with van der Waals surface area (Å²) >= 11 is 0. The van der Waals surface area contributed by atoms with Crippen molar-refractivity contribution in [2.45, 2.75) is 45.2 Å². The molecule has 0 aromatic carbocycles. The SMILES string of the molecule is CCCNC(CC)c1ccc(N2CCC(N(C)C)C2)cn1. The second-order valence-corrected chi connectivity index (χ2v) is 6.21. The monoisotopic (exact) mass is 290 g/mol. The van der Waals surface area contributed by atoms with Crippen LogP contribution >= 0.6 is 0 Å². The van der Waals surface area contributed by atoms with Gasteiger partial charge in [0.1, 0.15) is 0 Å². The van der Waals surface area contributed by atoms with Crippen LogP contribution in [0.2, 0.25) is 0 Å². The molecule has 2 rings (SSSR count). The Kier molecular flexibility index (Phi) is 6.00. The van der Waals surface area contributed by atoms with E-state index < -0.39 is 0 Å². The van der Waals surface area contributed by atoms with E-state index in [0.29, 0.717) is 12.1 Å². The highest BCUT2D eigenvalue weighted by atomic mass is 15.2. The van der Waals surface area contributed by atoms with Crippen molar-refractivity contribution in [1.29, 1.82) is 0 Å². The number of hydrogen-bond donors (Lipinski definition) is 1. The second kappa shape index (κ2) is 7.76. The summed E-state index contributed by atoms with van der Waals surface area (Å²) in [6, 6.07) is 5.47. The molecule has 4 heteroatoms. The van der Waals surface area contributed by atoms with Gasteiger partial charge in [-0.3, -0.25) is 4.98 Å². The first-order valence-electron chi connectivity index (χ1n) is 8.26. The summed E-state index contributed by atoms with van der Waals surface area (Å²) in [6.45, 7) is 7.71. The minimum Gasteiger partial charge on any atom is -0.369 e. The topological polar surface area (TPSA) is 31.4 Å². The van der Waals surface area contributed by atoms with Crippen LogP contribution in [0.1, 0.15) is 44.8 Å². The predicted molar refractivity (Wildman–Crippen MR) is 89.9 cm³/mol. The average Bonchev–Trinajstić information content (AvgIpc) is 2.99. The zero-order valence-corrected chi connectivity index (χ0v) is 14.0. The molecule has 1 aromatic heterocycles. The van der Waals surface area contributed by atoms with Gasteiger partial charge in [0.15, 0.2) is 0 Å². The van der Waals surface area contributed by atoms with Gasteiger partial charge in [-0.05, 0) is 52.0 Å². The molecule has 0 aliphatic carbocycles. The van der Waals surface area contributed by atoms with E-state index in [0.717, 1.165) is 38.2 Å². The van der Waals surface area contributed by atoms with Gasteiger partial charge in [-0.25, -0.2) is 0 Å². The third-order valence-corrected chi connectivity index (χ3v) is 4.44. The maximum absolute atomic E-state index is 4.70. The van der Waals surface area contributed by atoms with Crippen LogP contribution in [0.5, 0.6) is 0 Å². The van der Waals surface area contributed by atoms with Gasteiger partial charge in [-0.1, -0.05) is 13.8 Å². The van der Waals surface area contributed by atoms with Crippen molar-refractivity contribution < 1.29 is 0 Å². The summed E-state index contributed by atoms with van der Waals surface area (Å²) in [5.41, 5.74) is 2.42. The van der Waals surface area contributed by atoms with E-state index in [1.807, 2.05) is 6.20 Å². The molecular weight excluding hydrogens is 260 g/mol. The van der Waals surface area contributed by atoms with Crippen LogP contribution in [-0.2, 0) is 0 Å². The number of pyridine rings is 1. The van der Waals surface area contributed by atoms with Gasteiger partial charge in [0.2, 0.25) is 0 Å². The van der Waals surface area contributed by atoms with Crippen LogP contribution in [0.3, 0.4) is 0 Å². The summed E-state index contributed by atoms with van der Waals surface area (Å²) in [6.07, 6.45) is 5.53. The number of aromatic nitrogens is 1. The van der Waals surface area contributed by atoms with Crippen LogP contribution in [0, 0.1) is 0 Å². The summed E-state index contributed by atoms with van der Waals surface area (Å²) in [5, 5.41) is 3.56. The molecule has 0 bridgehead atoms. The quantitative estimate of drug-likeness (QED) is 0.836. The molecule has 0 amide bonds. The molecule has 0 spiro atoms. The van der Waals surface area contributed by atoms with E-state index in [9.17, 15) is 0 Å². The molecule has 1 aliphatic heterocycles. The molecule has 4 nitrogen and oxygen atoms in total. The van der Waals surface area contributed by atoms with Crippen LogP contribution in [-0.4, -0.2) is 49.7 Å². The smallest absolute Gasteiger partial charge is 0.0574 e. The number of nitrogens with zero attached hydrogens (tertiary/aromatic N) is 3. The fourth-order valence-corrected chi connectivity index (χ4v) is 2.97. The molecule has 2 atom stereocenters. The Labute approximate surface area is 129 Å². The van der Waals surface area contributed by atoms with Crippen molar-refractivity contribution in [3.05, 3.63) is 24.0 Å². The summed E-state index contributed by atoms with van der Waals surface area (Å²) in [5.74, 6) is 0. The van der Waals surface area contributed by atoms with Gasteiger partial charge in [0.05, 0.1) is 17.6 Å². The van der Waals surface area contributed by atoms with Crippen LogP contribution in [0.25, 0.3) is 0 Å². The van der Waals surface area contributed by atoms with E-state index in [1.54, 1.807) is 0 Å². The largest absolute Gasteiger partial charge is 0.369 e. The van der Waals surface area contributed by atoms with E-state index >= 15 is 0 Å². The molecule has 118 valence electrons. The first-order valence-corrected chi connectivity index (χ1v) is 8.26. The van der Waals surface area contributed by atoms with Gasteiger partial charge >= 0.3 is 0 Å². The zero-order valence-electron chi connectivity index (χ0n) is 14.0. The Morgan fingerprint density at radius 2 is 2.19 bits per heavy atom. The Balaban J connectivity index is 1.98. The van der Waals surface area contributed by atoms with Crippen LogP contribution < -0.4 is 10.2 Å². The van der Waals surface area contributed by atoms with Gasteiger partial charge in [-0.2, -0.15) is 0 Å². The number of likely N-dealkylation sites (N-methyl/N-ethyl adjacent to an activating group) is 1. The molecule has 2 heterocycles. The Bertz CT molecular complexity index is 415. The minimum atomic E-state index is 0.382. The van der Waals surface area contributed by atoms with Crippen LogP contribution in [0.15, 0.2) is 18.3 Å². The Hall–Kier alpha value is -1.13. The summed E-state index contributed by atoms with van der Waals surface area (Å²) in [4.78, 5) is 9.47. The standard InChI is InChI=1S/C17H30N4/c1-5-10-18-16(6-2)17-8-7-14(12-19-17)21-11-9-15(13-21)20(3)4/h7-8,12,15-16,18H,5-6,9-11,13H2,1-4H3. The number of hydrogen-bond acceptors (Lipinski definition) is 4. The third kappa shape index (κ3) is 4.17. The molecule has 0 radical (unpaired) electrons. The van der Waals surface area contributed by atoms with Crippen molar-refractivity contribution in [1.82, 2.24) is 15.2 Å². The highest BCUT2D eigenvalue weighted by molar-refractivity contribution is 5.46. The van der Waals surface area contributed by atoms with E-state index in [4.69, 9.17) is 4.98 Å². The number of rotatable bonds is 7. The molecular formula is C17H30N4. The van der Waals surface area contributed by atoms with E-state index in [2.05, 4.69) is 55.2 Å². The van der Waals surface area contributed by atoms with Crippen molar-refractivity contribution in [3.63, 3.8) is 0 Å². The summed E-state index contributed by atoms with van der Waals surface area (Å²) in [7, 11) is 4.33.